The van der Waals surface area contributed by atoms with Crippen LogP contribution in [0.4, 0.5) is 0 Å². The summed E-state index contributed by atoms with van der Waals surface area (Å²) in [6.07, 6.45) is 0. The van der Waals surface area contributed by atoms with Crippen LogP contribution in [0, 0.1) is 6.92 Å². The number of carbonyl (C=O) groups is 1. The molecule has 0 aromatic heterocycles. The third-order valence-electron chi connectivity index (χ3n) is 2.20. The Bertz CT molecular complexity index is 428. The van der Waals surface area contributed by atoms with Gasteiger partial charge in [-0.2, -0.15) is 0 Å². The highest BCUT2D eigenvalue weighted by atomic mass is 32.2. The van der Waals surface area contributed by atoms with Gasteiger partial charge in [-0.25, -0.2) is 4.79 Å². The van der Waals surface area contributed by atoms with Gasteiger partial charge in [0.2, 0.25) is 0 Å². The minimum absolute atomic E-state index is 0.540. The second kappa shape index (κ2) is 4.06. The van der Waals surface area contributed by atoms with Crippen LogP contribution in [0.15, 0.2) is 29.3 Å². The quantitative estimate of drug-likeness (QED) is 0.830. The van der Waals surface area contributed by atoms with Crippen LogP contribution in [-0.2, 0) is 4.79 Å². The highest BCUT2D eigenvalue weighted by Gasteiger charge is 2.24. The molecule has 1 aromatic carbocycles. The molecule has 0 amide bonds. The molecule has 4 heteroatoms. The standard InChI is InChI=1S/C11H11NO2S/c1-7-3-2-4-8(5-7)10-12-9(6-15-10)11(13)14/h2-5,9H,6H2,1H3,(H,13,14). The third kappa shape index (κ3) is 2.21. The molecule has 1 aliphatic rings. The van der Waals surface area contributed by atoms with Crippen molar-refractivity contribution in [1.82, 2.24) is 0 Å². The maximum absolute atomic E-state index is 10.7. The molecule has 0 radical (unpaired) electrons. The molecule has 1 aromatic rings. The Morgan fingerprint density at radius 3 is 3.00 bits per heavy atom. The Balaban J connectivity index is 2.26. The monoisotopic (exact) mass is 221 g/mol. The number of hydrogen-bond acceptors (Lipinski definition) is 3. The van der Waals surface area contributed by atoms with Crippen molar-refractivity contribution in [2.45, 2.75) is 13.0 Å². The van der Waals surface area contributed by atoms with Crippen molar-refractivity contribution in [3.63, 3.8) is 0 Å². The fourth-order valence-corrected chi connectivity index (χ4v) is 2.46. The summed E-state index contributed by atoms with van der Waals surface area (Å²) < 4.78 is 0. The van der Waals surface area contributed by atoms with Gasteiger partial charge >= 0.3 is 5.97 Å². The number of thioether (sulfide) groups is 1. The van der Waals surface area contributed by atoms with Crippen molar-refractivity contribution in [3.05, 3.63) is 35.4 Å². The predicted molar refractivity (Wildman–Crippen MR) is 61.6 cm³/mol. The van der Waals surface area contributed by atoms with Gasteiger partial charge in [0.05, 0.1) is 5.04 Å². The summed E-state index contributed by atoms with van der Waals surface area (Å²) in [4.78, 5) is 14.9. The van der Waals surface area contributed by atoms with Crippen LogP contribution in [0.1, 0.15) is 11.1 Å². The Labute approximate surface area is 92.2 Å². The number of hydrogen-bond donors (Lipinski definition) is 1. The summed E-state index contributed by atoms with van der Waals surface area (Å²) in [7, 11) is 0. The number of benzene rings is 1. The van der Waals surface area contributed by atoms with Crippen molar-refractivity contribution in [1.29, 1.82) is 0 Å². The highest BCUT2D eigenvalue weighted by molar-refractivity contribution is 8.14. The summed E-state index contributed by atoms with van der Waals surface area (Å²) >= 11 is 1.51. The van der Waals surface area contributed by atoms with E-state index in [0.717, 1.165) is 16.2 Å². The van der Waals surface area contributed by atoms with Gasteiger partial charge in [0.25, 0.3) is 0 Å². The molecule has 1 heterocycles. The normalized spacial score (nSPS) is 20.1. The van der Waals surface area contributed by atoms with Crippen LogP contribution in [-0.4, -0.2) is 27.9 Å². The molecular formula is C11H11NO2S. The Kier molecular flexibility index (Phi) is 2.77. The van der Waals surface area contributed by atoms with E-state index in [-0.39, 0.29) is 0 Å². The molecule has 1 N–H and O–H groups in total. The van der Waals surface area contributed by atoms with Crippen molar-refractivity contribution in [2.24, 2.45) is 4.99 Å². The predicted octanol–water partition coefficient (Wildman–Crippen LogP) is 1.94. The SMILES string of the molecule is Cc1cccc(C2=NC(C(=O)O)CS2)c1. The van der Waals surface area contributed by atoms with E-state index in [9.17, 15) is 4.79 Å². The first-order valence-electron chi connectivity index (χ1n) is 4.67. The second-order valence-corrected chi connectivity index (χ2v) is 4.48. The lowest BCUT2D eigenvalue weighted by Gasteiger charge is -1.99. The number of carboxylic acid groups (broad SMARTS) is 1. The van der Waals surface area contributed by atoms with Gasteiger partial charge in [-0.1, -0.05) is 23.8 Å². The lowest BCUT2D eigenvalue weighted by molar-refractivity contribution is -0.137. The summed E-state index contributed by atoms with van der Waals surface area (Å²) in [6, 6.07) is 7.38. The van der Waals surface area contributed by atoms with Gasteiger partial charge in [0, 0.05) is 11.3 Å². The Morgan fingerprint density at radius 1 is 1.60 bits per heavy atom. The van der Waals surface area contributed by atoms with Crippen molar-refractivity contribution in [2.75, 3.05) is 5.75 Å². The first-order valence-corrected chi connectivity index (χ1v) is 5.66. The lowest BCUT2D eigenvalue weighted by atomic mass is 10.1. The van der Waals surface area contributed by atoms with Gasteiger partial charge in [0.1, 0.15) is 0 Å². The average Bonchev–Trinajstić information content (AvgIpc) is 2.66. The fourth-order valence-electron chi connectivity index (χ4n) is 1.44. The van der Waals surface area contributed by atoms with Gasteiger partial charge in [-0.15, -0.1) is 11.8 Å². The van der Waals surface area contributed by atoms with Crippen LogP contribution in [0.3, 0.4) is 0 Å². The number of aryl methyl sites for hydroxylation is 1. The summed E-state index contributed by atoms with van der Waals surface area (Å²) in [6.45, 7) is 2.01. The zero-order valence-electron chi connectivity index (χ0n) is 8.30. The summed E-state index contributed by atoms with van der Waals surface area (Å²) in [5.74, 6) is -0.302. The highest BCUT2D eigenvalue weighted by Crippen LogP contribution is 2.23. The maximum atomic E-state index is 10.7. The number of nitrogens with zero attached hydrogens (tertiary/aromatic N) is 1. The molecule has 78 valence electrons. The van der Waals surface area contributed by atoms with Crippen molar-refractivity contribution >= 4 is 22.8 Å². The molecule has 2 rings (SSSR count). The largest absolute Gasteiger partial charge is 0.480 e. The molecule has 0 fully saturated rings. The molecular weight excluding hydrogens is 210 g/mol. The lowest BCUT2D eigenvalue weighted by Crippen LogP contribution is -2.17. The van der Waals surface area contributed by atoms with Crippen LogP contribution in [0.5, 0.6) is 0 Å². The first-order chi connectivity index (χ1) is 7.16. The number of aliphatic carboxylic acids is 1. The zero-order chi connectivity index (χ0) is 10.8. The zero-order valence-corrected chi connectivity index (χ0v) is 9.12. The Morgan fingerprint density at radius 2 is 2.40 bits per heavy atom. The molecule has 1 aliphatic heterocycles. The van der Waals surface area contributed by atoms with Crippen LogP contribution in [0.25, 0.3) is 0 Å². The van der Waals surface area contributed by atoms with E-state index >= 15 is 0 Å². The average molecular weight is 221 g/mol. The topological polar surface area (TPSA) is 49.7 Å². The van der Waals surface area contributed by atoms with Gasteiger partial charge in [0.15, 0.2) is 6.04 Å². The van der Waals surface area contributed by atoms with Crippen molar-refractivity contribution < 1.29 is 9.90 Å². The van der Waals surface area contributed by atoms with E-state index in [0.29, 0.717) is 5.75 Å². The summed E-state index contributed by atoms with van der Waals surface area (Å²) in [5.41, 5.74) is 2.18. The van der Waals surface area contributed by atoms with E-state index in [1.807, 2.05) is 31.2 Å². The minimum Gasteiger partial charge on any atom is -0.480 e. The van der Waals surface area contributed by atoms with Crippen molar-refractivity contribution in [3.8, 4) is 0 Å². The summed E-state index contributed by atoms with van der Waals surface area (Å²) in [5, 5.41) is 9.65. The van der Waals surface area contributed by atoms with E-state index in [1.165, 1.54) is 11.8 Å². The smallest absolute Gasteiger partial charge is 0.329 e. The number of carboxylic acids is 1. The van der Waals surface area contributed by atoms with E-state index in [2.05, 4.69) is 4.99 Å². The molecule has 15 heavy (non-hydrogen) atoms. The minimum atomic E-state index is -0.842. The molecule has 0 bridgehead atoms. The van der Waals surface area contributed by atoms with Crippen LogP contribution in [0.2, 0.25) is 0 Å². The number of rotatable bonds is 2. The maximum Gasteiger partial charge on any atom is 0.329 e. The molecule has 3 nitrogen and oxygen atoms in total. The van der Waals surface area contributed by atoms with E-state index < -0.39 is 12.0 Å². The van der Waals surface area contributed by atoms with E-state index in [4.69, 9.17) is 5.11 Å². The molecule has 0 spiro atoms. The van der Waals surface area contributed by atoms with E-state index in [1.54, 1.807) is 0 Å². The Hall–Kier alpha value is -1.29. The molecule has 1 atom stereocenters. The molecule has 0 aliphatic carbocycles. The number of aliphatic imine (C=N–C) groups is 1. The third-order valence-corrected chi connectivity index (χ3v) is 3.30. The van der Waals surface area contributed by atoms with Crippen LogP contribution >= 0.6 is 11.8 Å². The van der Waals surface area contributed by atoms with Gasteiger partial charge in [-0.05, 0) is 13.0 Å². The molecule has 1 unspecified atom stereocenters. The second-order valence-electron chi connectivity index (χ2n) is 3.47. The van der Waals surface area contributed by atoms with Gasteiger partial charge < -0.3 is 5.11 Å². The van der Waals surface area contributed by atoms with Crippen LogP contribution < -0.4 is 0 Å². The fraction of sp³-hybridized carbons (Fsp3) is 0.273. The first kappa shape index (κ1) is 10.2. The molecule has 0 saturated carbocycles. The van der Waals surface area contributed by atoms with Gasteiger partial charge in [-0.3, -0.25) is 4.99 Å². The molecule has 0 saturated heterocycles.